The highest BCUT2D eigenvalue weighted by Crippen LogP contribution is 2.32. The first kappa shape index (κ1) is 14.6. The number of hydrogen-bond donors (Lipinski definition) is 2. The topological polar surface area (TPSA) is 38.0 Å². The van der Waals surface area contributed by atoms with Gasteiger partial charge in [-0.2, -0.15) is 0 Å². The molecule has 0 aliphatic heterocycles. The molecule has 0 radical (unpaired) electrons. The highest BCUT2D eigenvalue weighted by Gasteiger charge is 2.17. The Morgan fingerprint density at radius 1 is 1.42 bits per heavy atom. The Kier molecular flexibility index (Phi) is 4.67. The van der Waals surface area contributed by atoms with Crippen LogP contribution in [0.5, 0.6) is 0 Å². The van der Waals surface area contributed by atoms with E-state index in [0.29, 0.717) is 12.0 Å². The van der Waals surface area contributed by atoms with Crippen molar-refractivity contribution < 1.29 is 8.78 Å². The van der Waals surface area contributed by atoms with Gasteiger partial charge in [0.2, 0.25) is 0 Å². The number of thiophene rings is 1. The highest BCUT2D eigenvalue weighted by molar-refractivity contribution is 9.11. The number of hydrazine groups is 1. The summed E-state index contributed by atoms with van der Waals surface area (Å²) in [5, 5.41) is 0. The van der Waals surface area contributed by atoms with Gasteiger partial charge < -0.3 is 0 Å². The number of aryl methyl sites for hydroxylation is 1. The molecule has 0 spiro atoms. The Hall–Kier alpha value is -0.820. The number of nitrogens with one attached hydrogen (secondary N) is 1. The lowest BCUT2D eigenvalue weighted by atomic mass is 10.0. The number of halogens is 3. The van der Waals surface area contributed by atoms with E-state index in [9.17, 15) is 8.78 Å². The summed E-state index contributed by atoms with van der Waals surface area (Å²) in [7, 11) is 0. The van der Waals surface area contributed by atoms with Crippen LogP contribution in [0.4, 0.5) is 8.78 Å². The fourth-order valence-corrected chi connectivity index (χ4v) is 3.45. The molecule has 2 aromatic rings. The Morgan fingerprint density at radius 2 is 2.16 bits per heavy atom. The Bertz CT molecular complexity index is 567. The van der Waals surface area contributed by atoms with Crippen LogP contribution in [0.2, 0.25) is 0 Å². The number of hydrogen-bond acceptors (Lipinski definition) is 3. The third-order valence-corrected chi connectivity index (χ3v) is 5.13. The first-order valence-corrected chi connectivity index (χ1v) is 7.28. The predicted octanol–water partition coefficient (Wildman–Crippen LogP) is 3.84. The van der Waals surface area contributed by atoms with Crippen LogP contribution in [0, 0.1) is 18.6 Å². The van der Waals surface area contributed by atoms with Crippen molar-refractivity contribution in [3.05, 3.63) is 55.7 Å². The zero-order chi connectivity index (χ0) is 14.0. The molecule has 1 heterocycles. The van der Waals surface area contributed by atoms with E-state index in [1.807, 2.05) is 13.0 Å². The number of benzene rings is 1. The maximum atomic E-state index is 13.6. The zero-order valence-corrected chi connectivity index (χ0v) is 12.6. The van der Waals surface area contributed by atoms with Crippen molar-refractivity contribution in [2.75, 3.05) is 0 Å². The lowest BCUT2D eigenvalue weighted by molar-refractivity contribution is 0.483. The van der Waals surface area contributed by atoms with E-state index in [4.69, 9.17) is 5.84 Å². The van der Waals surface area contributed by atoms with Crippen molar-refractivity contribution in [2.24, 2.45) is 5.84 Å². The van der Waals surface area contributed by atoms with Gasteiger partial charge in [-0.25, -0.2) is 8.78 Å². The Balaban J connectivity index is 2.26. The van der Waals surface area contributed by atoms with Crippen molar-refractivity contribution in [2.45, 2.75) is 19.4 Å². The molecular formula is C13H13BrF2N2S. The second-order valence-corrected chi connectivity index (χ2v) is 6.64. The van der Waals surface area contributed by atoms with E-state index in [0.717, 1.165) is 20.3 Å². The molecule has 2 nitrogen and oxygen atoms in total. The molecule has 102 valence electrons. The standard InChI is InChI=1S/C13H13BrF2N2S/c1-7-5-11(19-13(7)14)10(18-17)6-8-3-2-4-9(15)12(8)16/h2-5,10,18H,6,17H2,1H3. The van der Waals surface area contributed by atoms with Crippen molar-refractivity contribution in [1.29, 1.82) is 0 Å². The summed E-state index contributed by atoms with van der Waals surface area (Å²) in [5.74, 6) is 3.88. The minimum absolute atomic E-state index is 0.244. The monoisotopic (exact) mass is 346 g/mol. The first-order valence-electron chi connectivity index (χ1n) is 5.67. The van der Waals surface area contributed by atoms with Gasteiger partial charge in [-0.05, 0) is 52.5 Å². The quantitative estimate of drug-likeness (QED) is 0.651. The molecule has 1 unspecified atom stereocenters. The fraction of sp³-hybridized carbons (Fsp3) is 0.231. The van der Waals surface area contributed by atoms with Gasteiger partial charge in [0, 0.05) is 4.88 Å². The van der Waals surface area contributed by atoms with Gasteiger partial charge in [-0.15, -0.1) is 11.3 Å². The van der Waals surface area contributed by atoms with Gasteiger partial charge in [0.25, 0.3) is 0 Å². The molecule has 0 aliphatic rings. The molecule has 2 rings (SSSR count). The second kappa shape index (κ2) is 6.09. The minimum Gasteiger partial charge on any atom is -0.271 e. The molecule has 0 bridgehead atoms. The molecule has 0 saturated heterocycles. The molecule has 0 fully saturated rings. The third kappa shape index (κ3) is 3.20. The molecule has 6 heteroatoms. The van der Waals surface area contributed by atoms with E-state index < -0.39 is 11.6 Å². The fourth-order valence-electron chi connectivity index (χ4n) is 1.82. The molecule has 1 atom stereocenters. The summed E-state index contributed by atoms with van der Waals surface area (Å²) < 4.78 is 27.8. The average Bonchev–Trinajstić information content (AvgIpc) is 2.71. The molecule has 0 amide bonds. The van der Waals surface area contributed by atoms with Crippen molar-refractivity contribution in [3.63, 3.8) is 0 Å². The first-order chi connectivity index (χ1) is 9.02. The van der Waals surface area contributed by atoms with Gasteiger partial charge in [0.1, 0.15) is 0 Å². The maximum absolute atomic E-state index is 13.6. The number of rotatable bonds is 4. The zero-order valence-electron chi connectivity index (χ0n) is 10.2. The van der Waals surface area contributed by atoms with Gasteiger partial charge in [-0.3, -0.25) is 11.3 Å². The molecule has 19 heavy (non-hydrogen) atoms. The summed E-state index contributed by atoms with van der Waals surface area (Å²) in [4.78, 5) is 0.982. The van der Waals surface area contributed by atoms with Crippen LogP contribution >= 0.6 is 27.3 Å². The van der Waals surface area contributed by atoms with E-state index in [1.165, 1.54) is 17.4 Å². The van der Waals surface area contributed by atoms with E-state index in [1.54, 1.807) is 6.07 Å². The van der Waals surface area contributed by atoms with Crippen molar-refractivity contribution in [3.8, 4) is 0 Å². The molecule has 0 saturated carbocycles. The van der Waals surface area contributed by atoms with Crippen LogP contribution in [-0.2, 0) is 6.42 Å². The van der Waals surface area contributed by atoms with E-state index in [-0.39, 0.29) is 6.04 Å². The summed E-state index contributed by atoms with van der Waals surface area (Å²) >= 11 is 4.98. The molecule has 3 N–H and O–H groups in total. The van der Waals surface area contributed by atoms with E-state index in [2.05, 4.69) is 21.4 Å². The van der Waals surface area contributed by atoms with Gasteiger partial charge >= 0.3 is 0 Å². The predicted molar refractivity (Wildman–Crippen MR) is 76.9 cm³/mol. The Morgan fingerprint density at radius 3 is 2.74 bits per heavy atom. The van der Waals surface area contributed by atoms with Crippen LogP contribution < -0.4 is 11.3 Å². The van der Waals surface area contributed by atoms with Crippen molar-refractivity contribution >= 4 is 27.3 Å². The minimum atomic E-state index is -0.836. The van der Waals surface area contributed by atoms with Gasteiger partial charge in [-0.1, -0.05) is 12.1 Å². The normalized spacial score (nSPS) is 12.7. The molecular weight excluding hydrogens is 334 g/mol. The summed E-state index contributed by atoms with van der Waals surface area (Å²) in [6.45, 7) is 1.97. The largest absolute Gasteiger partial charge is 0.271 e. The van der Waals surface area contributed by atoms with Gasteiger partial charge in [0.05, 0.1) is 9.83 Å². The van der Waals surface area contributed by atoms with Crippen LogP contribution in [0.25, 0.3) is 0 Å². The smallest absolute Gasteiger partial charge is 0.162 e. The number of nitrogens with two attached hydrogens (primary N) is 1. The van der Waals surface area contributed by atoms with Crippen LogP contribution in [0.1, 0.15) is 22.0 Å². The van der Waals surface area contributed by atoms with Crippen molar-refractivity contribution in [1.82, 2.24) is 5.43 Å². The van der Waals surface area contributed by atoms with Gasteiger partial charge in [0.15, 0.2) is 11.6 Å². The van der Waals surface area contributed by atoms with E-state index >= 15 is 0 Å². The summed E-state index contributed by atoms with van der Waals surface area (Å²) in [6.07, 6.45) is 0.298. The van der Waals surface area contributed by atoms with Crippen LogP contribution in [-0.4, -0.2) is 0 Å². The molecule has 1 aromatic carbocycles. The summed E-state index contributed by atoms with van der Waals surface area (Å²) in [6, 6.07) is 5.91. The molecule has 1 aromatic heterocycles. The van der Waals surface area contributed by atoms with Crippen LogP contribution in [0.15, 0.2) is 28.1 Å². The van der Waals surface area contributed by atoms with Crippen LogP contribution in [0.3, 0.4) is 0 Å². The highest BCUT2D eigenvalue weighted by atomic mass is 79.9. The Labute approximate surface area is 122 Å². The molecule has 0 aliphatic carbocycles. The SMILES string of the molecule is Cc1cc(C(Cc2cccc(F)c2F)NN)sc1Br. The lowest BCUT2D eigenvalue weighted by Gasteiger charge is -2.14. The third-order valence-electron chi connectivity index (χ3n) is 2.88. The maximum Gasteiger partial charge on any atom is 0.162 e. The second-order valence-electron chi connectivity index (χ2n) is 4.24. The lowest BCUT2D eigenvalue weighted by Crippen LogP contribution is -2.29. The average molecular weight is 347 g/mol. The summed E-state index contributed by atoms with van der Waals surface area (Å²) in [5.41, 5.74) is 4.06.